The highest BCUT2D eigenvalue weighted by molar-refractivity contribution is 7.98. The summed E-state index contributed by atoms with van der Waals surface area (Å²) in [5, 5.41) is 0.570. The second-order valence-electron chi connectivity index (χ2n) is 7.87. The van der Waals surface area contributed by atoms with E-state index in [1.165, 1.54) is 34.3 Å². The Morgan fingerprint density at radius 2 is 1.91 bits per heavy atom. The molecule has 3 aromatic rings. The van der Waals surface area contributed by atoms with E-state index in [0.717, 1.165) is 18.4 Å². The van der Waals surface area contributed by atoms with Gasteiger partial charge >= 0.3 is 0 Å². The molecule has 33 heavy (non-hydrogen) atoms. The van der Waals surface area contributed by atoms with E-state index in [4.69, 9.17) is 4.74 Å². The molecule has 178 valence electrons. The van der Waals surface area contributed by atoms with Crippen molar-refractivity contribution in [1.29, 1.82) is 0 Å². The minimum Gasteiger partial charge on any atom is -0.376 e. The molecule has 1 aromatic heterocycles. The lowest BCUT2D eigenvalue weighted by Gasteiger charge is -2.18. The summed E-state index contributed by atoms with van der Waals surface area (Å²) in [6.07, 6.45) is 1.91. The van der Waals surface area contributed by atoms with Crippen LogP contribution in [0.2, 0.25) is 0 Å². The summed E-state index contributed by atoms with van der Waals surface area (Å²) in [5.74, 6) is -1.13. The number of sulfonamides is 1. The zero-order chi connectivity index (χ0) is 23.6. The fraction of sp³-hybridized carbons (Fsp3) is 0.435. The summed E-state index contributed by atoms with van der Waals surface area (Å²) < 4.78 is 63.4. The molecule has 0 bridgehead atoms. The average Bonchev–Trinajstić information content (AvgIpc) is 3.42. The van der Waals surface area contributed by atoms with Crippen LogP contribution in [0.1, 0.15) is 32.3 Å². The number of hydrogen-bond acceptors (Lipinski definition) is 5. The fourth-order valence-corrected chi connectivity index (χ4v) is 6.57. The van der Waals surface area contributed by atoms with Gasteiger partial charge in [0, 0.05) is 31.0 Å². The molecule has 0 radical (unpaired) electrons. The lowest BCUT2D eigenvalue weighted by Crippen LogP contribution is -2.30. The van der Waals surface area contributed by atoms with Gasteiger partial charge in [0.15, 0.2) is 5.16 Å². The van der Waals surface area contributed by atoms with Crippen molar-refractivity contribution in [1.82, 2.24) is 13.9 Å². The third-order valence-electron chi connectivity index (χ3n) is 5.85. The molecule has 1 aliphatic heterocycles. The van der Waals surface area contributed by atoms with Crippen LogP contribution in [-0.4, -0.2) is 48.1 Å². The lowest BCUT2D eigenvalue weighted by molar-refractivity contribution is 0.0960. The van der Waals surface area contributed by atoms with Crippen LogP contribution in [0.25, 0.3) is 11.0 Å². The van der Waals surface area contributed by atoms with Crippen LogP contribution in [0.4, 0.5) is 8.78 Å². The van der Waals surface area contributed by atoms with Gasteiger partial charge in [-0.25, -0.2) is 22.2 Å². The highest BCUT2D eigenvalue weighted by Crippen LogP contribution is 2.31. The van der Waals surface area contributed by atoms with Gasteiger partial charge in [-0.2, -0.15) is 4.31 Å². The van der Waals surface area contributed by atoms with Crippen LogP contribution >= 0.6 is 11.8 Å². The van der Waals surface area contributed by atoms with Gasteiger partial charge in [0.25, 0.3) is 0 Å². The van der Waals surface area contributed by atoms with Crippen molar-refractivity contribution < 1.29 is 21.9 Å². The molecule has 6 nitrogen and oxygen atoms in total. The molecule has 2 aromatic carbocycles. The normalized spacial score (nSPS) is 16.8. The van der Waals surface area contributed by atoms with Crippen molar-refractivity contribution in [2.45, 2.75) is 55.1 Å². The second-order valence-corrected chi connectivity index (χ2v) is 10.7. The molecule has 4 rings (SSSR count). The van der Waals surface area contributed by atoms with E-state index in [1.54, 1.807) is 32.0 Å². The predicted octanol–water partition coefficient (Wildman–Crippen LogP) is 4.82. The SMILES string of the molecule is CCN(CC)S(=O)(=O)c1ccc2c(c1)nc(SCc1c(F)cccc1F)n2C[C@H]1CCCO1. The summed E-state index contributed by atoms with van der Waals surface area (Å²) in [4.78, 5) is 4.83. The topological polar surface area (TPSA) is 64.4 Å². The Morgan fingerprint density at radius 1 is 1.18 bits per heavy atom. The van der Waals surface area contributed by atoms with Gasteiger partial charge in [0.2, 0.25) is 10.0 Å². The van der Waals surface area contributed by atoms with Crippen LogP contribution < -0.4 is 0 Å². The third-order valence-corrected chi connectivity index (χ3v) is 8.89. The molecular formula is C23H27F2N3O3S2. The monoisotopic (exact) mass is 495 g/mol. The van der Waals surface area contributed by atoms with Gasteiger partial charge in [0.1, 0.15) is 11.6 Å². The average molecular weight is 496 g/mol. The van der Waals surface area contributed by atoms with Crippen molar-refractivity contribution in [2.75, 3.05) is 19.7 Å². The van der Waals surface area contributed by atoms with E-state index in [9.17, 15) is 17.2 Å². The maximum absolute atomic E-state index is 14.1. The van der Waals surface area contributed by atoms with Crippen LogP contribution in [-0.2, 0) is 27.1 Å². The van der Waals surface area contributed by atoms with E-state index in [-0.39, 0.29) is 22.3 Å². The first-order valence-electron chi connectivity index (χ1n) is 11.0. The molecule has 10 heteroatoms. The Balaban J connectivity index is 1.72. The predicted molar refractivity (Wildman–Crippen MR) is 125 cm³/mol. The molecule has 0 unspecified atom stereocenters. The van der Waals surface area contributed by atoms with Gasteiger partial charge in [-0.15, -0.1) is 0 Å². The van der Waals surface area contributed by atoms with Gasteiger partial charge < -0.3 is 9.30 Å². The fourth-order valence-electron chi connectivity index (χ4n) is 4.05. The zero-order valence-electron chi connectivity index (χ0n) is 18.6. The molecule has 1 aliphatic rings. The molecule has 0 spiro atoms. The summed E-state index contributed by atoms with van der Waals surface area (Å²) in [7, 11) is -3.63. The van der Waals surface area contributed by atoms with Crippen molar-refractivity contribution in [3.05, 3.63) is 53.6 Å². The second kappa shape index (κ2) is 10.1. The standard InChI is InChI=1S/C23H27F2N3O3S2/c1-3-27(4-2)33(29,30)17-10-11-22-21(13-17)26-23(28(22)14-16-7-6-12-31-16)32-15-18-19(24)8-5-9-20(18)25/h5,8-11,13,16H,3-4,6-7,12,14-15H2,1-2H3/t16-/m1/s1. The summed E-state index contributed by atoms with van der Waals surface area (Å²) in [6, 6.07) is 8.72. The Hall–Kier alpha value is -2.01. The van der Waals surface area contributed by atoms with Crippen molar-refractivity contribution in [3.63, 3.8) is 0 Å². The minimum atomic E-state index is -3.63. The Labute approximate surface area is 197 Å². The van der Waals surface area contributed by atoms with E-state index in [2.05, 4.69) is 4.98 Å². The van der Waals surface area contributed by atoms with Crippen molar-refractivity contribution in [2.24, 2.45) is 0 Å². The number of rotatable bonds is 9. The molecule has 1 fully saturated rings. The number of fused-ring (bicyclic) bond motifs is 1. The van der Waals surface area contributed by atoms with Gasteiger partial charge in [-0.3, -0.25) is 0 Å². The van der Waals surface area contributed by atoms with Gasteiger partial charge in [-0.1, -0.05) is 31.7 Å². The zero-order valence-corrected chi connectivity index (χ0v) is 20.3. The Bertz CT molecular complexity index is 1220. The first kappa shape index (κ1) is 24.1. The summed E-state index contributed by atoms with van der Waals surface area (Å²) >= 11 is 1.22. The lowest BCUT2D eigenvalue weighted by atomic mass is 10.2. The Morgan fingerprint density at radius 3 is 2.55 bits per heavy atom. The van der Waals surface area contributed by atoms with Crippen LogP contribution in [0, 0.1) is 11.6 Å². The number of thioether (sulfide) groups is 1. The van der Waals surface area contributed by atoms with Crippen LogP contribution in [0.15, 0.2) is 46.5 Å². The molecule has 0 N–H and O–H groups in total. The van der Waals surface area contributed by atoms with Crippen molar-refractivity contribution in [3.8, 4) is 0 Å². The summed E-state index contributed by atoms with van der Waals surface area (Å²) in [5.41, 5.74) is 1.28. The Kier molecular flexibility index (Phi) is 7.37. The first-order valence-corrected chi connectivity index (χ1v) is 13.5. The first-order chi connectivity index (χ1) is 15.8. The molecule has 0 amide bonds. The molecule has 2 heterocycles. The highest BCUT2D eigenvalue weighted by atomic mass is 32.2. The number of ether oxygens (including phenoxy) is 1. The number of nitrogens with zero attached hydrogens (tertiary/aromatic N) is 3. The van der Waals surface area contributed by atoms with E-state index < -0.39 is 21.7 Å². The number of hydrogen-bond donors (Lipinski definition) is 0. The maximum atomic E-state index is 14.1. The molecule has 1 saturated heterocycles. The van der Waals surface area contributed by atoms with E-state index in [1.807, 2.05) is 4.57 Å². The molecule has 0 saturated carbocycles. The van der Waals surface area contributed by atoms with Gasteiger partial charge in [0.05, 0.1) is 28.6 Å². The molecular weight excluding hydrogens is 468 g/mol. The third kappa shape index (κ3) is 4.94. The maximum Gasteiger partial charge on any atom is 0.243 e. The van der Waals surface area contributed by atoms with E-state index in [0.29, 0.717) is 36.9 Å². The smallest absolute Gasteiger partial charge is 0.243 e. The summed E-state index contributed by atoms with van der Waals surface area (Å²) in [6.45, 7) is 5.59. The van der Waals surface area contributed by atoms with Crippen LogP contribution in [0.3, 0.4) is 0 Å². The number of benzene rings is 2. The minimum absolute atomic E-state index is 0.0111. The number of imidazole rings is 1. The van der Waals surface area contributed by atoms with Gasteiger partial charge in [-0.05, 0) is 43.2 Å². The highest BCUT2D eigenvalue weighted by Gasteiger charge is 2.25. The largest absolute Gasteiger partial charge is 0.376 e. The molecule has 0 aliphatic carbocycles. The number of halogens is 2. The van der Waals surface area contributed by atoms with E-state index >= 15 is 0 Å². The number of aromatic nitrogens is 2. The quantitative estimate of drug-likeness (QED) is 0.399. The molecule has 1 atom stereocenters. The van der Waals surface area contributed by atoms with Crippen molar-refractivity contribution >= 4 is 32.8 Å². The van der Waals surface area contributed by atoms with Crippen LogP contribution in [0.5, 0.6) is 0 Å².